The molecule has 1 aliphatic carbocycles. The Labute approximate surface area is 139 Å². The molecule has 5 nitrogen and oxygen atoms in total. The molecule has 1 aromatic carbocycles. The smallest absolute Gasteiger partial charge is 0.323 e. The molecule has 2 fully saturated rings. The second-order valence-corrected chi connectivity index (χ2v) is 6.44. The minimum Gasteiger partial charge on any atom is -0.323 e. The Morgan fingerprint density at radius 2 is 1.96 bits per heavy atom. The van der Waals surface area contributed by atoms with E-state index in [0.717, 1.165) is 31.0 Å². The number of rotatable bonds is 6. The van der Waals surface area contributed by atoms with Crippen molar-refractivity contribution in [3.8, 4) is 0 Å². The summed E-state index contributed by atoms with van der Waals surface area (Å²) in [5, 5.41) is 5.84. The highest BCUT2D eigenvalue weighted by Gasteiger charge is 2.51. The third-order valence-corrected chi connectivity index (χ3v) is 4.76. The van der Waals surface area contributed by atoms with Crippen LogP contribution in [0.2, 0.25) is 0 Å². The Morgan fingerprint density at radius 3 is 2.71 bits per heavy atom. The molecule has 1 aromatic rings. The molecule has 1 spiro atoms. The van der Waals surface area contributed by atoms with Gasteiger partial charge in [-0.1, -0.05) is 12.8 Å². The Balaban J connectivity index is 1.44. The van der Waals surface area contributed by atoms with Gasteiger partial charge < -0.3 is 10.6 Å². The summed E-state index contributed by atoms with van der Waals surface area (Å²) in [6, 6.07) is 3.01. The van der Waals surface area contributed by atoms with E-state index in [4.69, 9.17) is 0 Å². The zero-order valence-corrected chi connectivity index (χ0v) is 13.4. The number of carbonyl (C=O) groups is 2. The van der Waals surface area contributed by atoms with Gasteiger partial charge in [-0.2, -0.15) is 0 Å². The van der Waals surface area contributed by atoms with Crippen molar-refractivity contribution < 1.29 is 18.4 Å². The Bertz CT molecular complexity index is 645. The fourth-order valence-electron chi connectivity index (χ4n) is 3.46. The molecule has 0 unspecified atom stereocenters. The molecule has 1 heterocycles. The number of nitrogens with zero attached hydrogens (tertiary/aromatic N) is 1. The molecule has 1 aliphatic heterocycles. The molecule has 7 heteroatoms. The standard InChI is InChI=1S/C17H21F2N3O2/c18-13-4-5-14(19)12(10-13)11-20-8-3-9-22-15(23)17(21-16(22)24)6-1-2-7-17/h4-5,10,20H,1-3,6-9,11H2,(H,21,24). The Kier molecular flexibility index (Phi) is 4.80. The number of nitrogens with one attached hydrogen (secondary N) is 2. The van der Waals surface area contributed by atoms with Gasteiger partial charge >= 0.3 is 6.03 Å². The number of carbonyl (C=O) groups excluding carboxylic acids is 2. The van der Waals surface area contributed by atoms with E-state index in [1.54, 1.807) is 0 Å². The molecule has 24 heavy (non-hydrogen) atoms. The predicted octanol–water partition coefficient (Wildman–Crippen LogP) is 2.31. The molecule has 2 aliphatic rings. The van der Waals surface area contributed by atoms with Crippen molar-refractivity contribution in [2.75, 3.05) is 13.1 Å². The topological polar surface area (TPSA) is 61.4 Å². The van der Waals surface area contributed by atoms with Gasteiger partial charge in [0.1, 0.15) is 17.2 Å². The maximum Gasteiger partial charge on any atom is 0.325 e. The van der Waals surface area contributed by atoms with Crippen molar-refractivity contribution in [1.82, 2.24) is 15.5 Å². The molecule has 2 N–H and O–H groups in total. The van der Waals surface area contributed by atoms with Gasteiger partial charge in [-0.25, -0.2) is 13.6 Å². The number of urea groups is 1. The van der Waals surface area contributed by atoms with Gasteiger partial charge in [0.25, 0.3) is 5.91 Å². The number of imide groups is 1. The van der Waals surface area contributed by atoms with Crippen molar-refractivity contribution >= 4 is 11.9 Å². The second-order valence-electron chi connectivity index (χ2n) is 6.44. The Hall–Kier alpha value is -2.02. The van der Waals surface area contributed by atoms with Gasteiger partial charge in [-0.15, -0.1) is 0 Å². The first-order valence-corrected chi connectivity index (χ1v) is 8.31. The van der Waals surface area contributed by atoms with Gasteiger partial charge in [0.2, 0.25) is 0 Å². The second kappa shape index (κ2) is 6.84. The molecular formula is C17H21F2N3O2. The van der Waals surface area contributed by atoms with Crippen LogP contribution in [0.1, 0.15) is 37.7 Å². The molecule has 0 aromatic heterocycles. The quantitative estimate of drug-likeness (QED) is 0.619. The van der Waals surface area contributed by atoms with Crippen LogP contribution in [0.15, 0.2) is 18.2 Å². The minimum absolute atomic E-state index is 0.124. The van der Waals surface area contributed by atoms with Crippen LogP contribution in [0.5, 0.6) is 0 Å². The van der Waals surface area contributed by atoms with E-state index in [-0.39, 0.29) is 24.0 Å². The van der Waals surface area contributed by atoms with Crippen LogP contribution in [-0.4, -0.2) is 35.5 Å². The van der Waals surface area contributed by atoms with Gasteiger partial charge in [0, 0.05) is 18.7 Å². The highest BCUT2D eigenvalue weighted by atomic mass is 19.1. The lowest BCUT2D eigenvalue weighted by molar-refractivity contribution is -0.131. The summed E-state index contributed by atoms with van der Waals surface area (Å²) in [6.45, 7) is 1.03. The lowest BCUT2D eigenvalue weighted by Gasteiger charge is -2.20. The van der Waals surface area contributed by atoms with E-state index < -0.39 is 17.2 Å². The highest BCUT2D eigenvalue weighted by molar-refractivity contribution is 6.07. The molecule has 3 rings (SSSR count). The van der Waals surface area contributed by atoms with E-state index in [1.807, 2.05) is 0 Å². The Morgan fingerprint density at radius 1 is 1.21 bits per heavy atom. The van der Waals surface area contributed by atoms with Crippen LogP contribution in [0.4, 0.5) is 13.6 Å². The van der Waals surface area contributed by atoms with E-state index in [9.17, 15) is 18.4 Å². The average Bonchev–Trinajstić information content (AvgIpc) is 3.10. The summed E-state index contributed by atoms with van der Waals surface area (Å²) in [5.41, 5.74) is -0.412. The van der Waals surface area contributed by atoms with E-state index >= 15 is 0 Å². The monoisotopic (exact) mass is 337 g/mol. The van der Waals surface area contributed by atoms with E-state index in [2.05, 4.69) is 10.6 Å². The van der Waals surface area contributed by atoms with Crippen LogP contribution in [0.3, 0.4) is 0 Å². The molecule has 130 valence electrons. The lowest BCUT2D eigenvalue weighted by Crippen LogP contribution is -2.44. The summed E-state index contributed by atoms with van der Waals surface area (Å²) in [7, 11) is 0. The maximum absolute atomic E-state index is 13.5. The van der Waals surface area contributed by atoms with Gasteiger partial charge in [0.05, 0.1) is 0 Å². The SMILES string of the molecule is O=C1NC2(CCCC2)C(=O)N1CCCNCc1cc(F)ccc1F. The van der Waals surface area contributed by atoms with Crippen molar-refractivity contribution in [3.05, 3.63) is 35.4 Å². The highest BCUT2D eigenvalue weighted by Crippen LogP contribution is 2.34. The van der Waals surface area contributed by atoms with Crippen molar-refractivity contribution in [2.24, 2.45) is 0 Å². The molecular weight excluding hydrogens is 316 g/mol. The molecule has 3 amide bonds. The number of benzene rings is 1. The van der Waals surface area contributed by atoms with Gasteiger partial charge in [-0.3, -0.25) is 9.69 Å². The molecule has 0 atom stereocenters. The van der Waals surface area contributed by atoms with Crippen LogP contribution < -0.4 is 10.6 Å². The predicted molar refractivity (Wildman–Crippen MR) is 84.1 cm³/mol. The number of hydrogen-bond acceptors (Lipinski definition) is 3. The first-order chi connectivity index (χ1) is 11.5. The zero-order chi connectivity index (χ0) is 17.2. The average molecular weight is 337 g/mol. The normalized spacial score (nSPS) is 19.3. The molecule has 0 radical (unpaired) electrons. The molecule has 0 bridgehead atoms. The summed E-state index contributed by atoms with van der Waals surface area (Å²) in [5.74, 6) is -1.06. The van der Waals surface area contributed by atoms with Crippen molar-refractivity contribution in [2.45, 2.75) is 44.2 Å². The van der Waals surface area contributed by atoms with Gasteiger partial charge in [-0.05, 0) is 44.0 Å². The number of halogens is 2. The fraction of sp³-hybridized carbons (Fsp3) is 0.529. The van der Waals surface area contributed by atoms with Crippen molar-refractivity contribution in [3.63, 3.8) is 0 Å². The van der Waals surface area contributed by atoms with Crippen LogP contribution in [0.25, 0.3) is 0 Å². The summed E-state index contributed by atoms with van der Waals surface area (Å²) in [4.78, 5) is 25.7. The lowest BCUT2D eigenvalue weighted by atomic mass is 9.98. The zero-order valence-electron chi connectivity index (χ0n) is 13.4. The molecule has 1 saturated carbocycles. The van der Waals surface area contributed by atoms with E-state index in [1.165, 1.54) is 4.90 Å². The van der Waals surface area contributed by atoms with Crippen LogP contribution in [-0.2, 0) is 11.3 Å². The third-order valence-electron chi connectivity index (χ3n) is 4.76. The fourth-order valence-corrected chi connectivity index (χ4v) is 3.46. The summed E-state index contributed by atoms with van der Waals surface area (Å²) in [6.07, 6.45) is 3.91. The van der Waals surface area contributed by atoms with Crippen LogP contribution >= 0.6 is 0 Å². The largest absolute Gasteiger partial charge is 0.325 e. The molecule has 1 saturated heterocycles. The third kappa shape index (κ3) is 3.26. The first kappa shape index (κ1) is 16.8. The van der Waals surface area contributed by atoms with Crippen LogP contribution in [0, 0.1) is 11.6 Å². The minimum atomic E-state index is -0.671. The van der Waals surface area contributed by atoms with Crippen molar-refractivity contribution in [1.29, 1.82) is 0 Å². The van der Waals surface area contributed by atoms with E-state index in [0.29, 0.717) is 32.4 Å². The first-order valence-electron chi connectivity index (χ1n) is 8.31. The maximum atomic E-state index is 13.5. The summed E-state index contributed by atoms with van der Waals surface area (Å²) < 4.78 is 26.6. The number of hydrogen-bond donors (Lipinski definition) is 2. The summed E-state index contributed by atoms with van der Waals surface area (Å²) >= 11 is 0. The number of amides is 3. The van der Waals surface area contributed by atoms with Gasteiger partial charge in [0.15, 0.2) is 0 Å².